The molecular weight excluding hydrogens is 549 g/mol. The lowest BCUT2D eigenvalue weighted by Gasteiger charge is -2.59. The van der Waals surface area contributed by atoms with Crippen LogP contribution >= 0.6 is 0 Å². The lowest BCUT2D eigenvalue weighted by atomic mass is 9.61. The number of halogens is 1. The van der Waals surface area contributed by atoms with E-state index < -0.39 is 11.8 Å². The number of ether oxygens (including phenoxy) is 3. The molecule has 1 aliphatic carbocycles. The number of aromatic nitrogens is 3. The summed E-state index contributed by atoms with van der Waals surface area (Å²) in [5.41, 5.74) is 3.81. The van der Waals surface area contributed by atoms with Crippen molar-refractivity contribution in [1.82, 2.24) is 19.9 Å². The lowest BCUT2D eigenvalue weighted by molar-refractivity contribution is -0.0353. The van der Waals surface area contributed by atoms with E-state index in [-0.39, 0.29) is 22.8 Å². The van der Waals surface area contributed by atoms with Gasteiger partial charge in [0.1, 0.15) is 35.3 Å². The summed E-state index contributed by atoms with van der Waals surface area (Å²) in [4.78, 5) is 30.0. The number of esters is 1. The van der Waals surface area contributed by atoms with Gasteiger partial charge in [0.15, 0.2) is 11.6 Å². The zero-order valence-corrected chi connectivity index (χ0v) is 23.9. The topological polar surface area (TPSA) is 89.9 Å². The molecule has 1 spiro atoms. The van der Waals surface area contributed by atoms with Gasteiger partial charge in [-0.15, -0.1) is 0 Å². The molecule has 2 fully saturated rings. The molecule has 0 bridgehead atoms. The third-order valence-corrected chi connectivity index (χ3v) is 8.59. The SMILES string of the molecule is COC(=O)c1cc(F)ccc1Oc1cncnc1N1CC2(CC(Oc3ccnc4c3CN(Cc3ccccc3)CC4)C2)C1. The Labute approximate surface area is 249 Å². The molecule has 1 saturated heterocycles. The lowest BCUT2D eigenvalue weighted by Crippen LogP contribution is -2.65. The van der Waals surface area contributed by atoms with Crippen LogP contribution in [0, 0.1) is 11.2 Å². The molecule has 4 aromatic rings. The monoisotopic (exact) mass is 581 g/mol. The van der Waals surface area contributed by atoms with E-state index in [2.05, 4.69) is 49.0 Å². The molecule has 0 atom stereocenters. The highest BCUT2D eigenvalue weighted by atomic mass is 19.1. The second kappa shape index (κ2) is 11.3. The fourth-order valence-electron chi connectivity index (χ4n) is 6.49. The molecule has 3 aliphatic rings. The molecule has 4 heterocycles. The Morgan fingerprint density at radius 3 is 2.70 bits per heavy atom. The maximum atomic E-state index is 13.8. The molecule has 7 rings (SSSR count). The molecule has 0 radical (unpaired) electrons. The summed E-state index contributed by atoms with van der Waals surface area (Å²) in [7, 11) is 1.24. The van der Waals surface area contributed by atoms with Crippen LogP contribution in [0.15, 0.2) is 73.3 Å². The molecule has 0 amide bonds. The zero-order valence-electron chi connectivity index (χ0n) is 23.9. The minimum Gasteiger partial charge on any atom is -0.490 e. The minimum atomic E-state index is -0.685. The van der Waals surface area contributed by atoms with Crippen molar-refractivity contribution in [2.24, 2.45) is 5.41 Å². The van der Waals surface area contributed by atoms with Crippen molar-refractivity contribution in [1.29, 1.82) is 0 Å². The van der Waals surface area contributed by atoms with E-state index in [9.17, 15) is 9.18 Å². The number of methoxy groups -OCH3 is 1. The van der Waals surface area contributed by atoms with Gasteiger partial charge in [-0.25, -0.2) is 19.2 Å². The van der Waals surface area contributed by atoms with Crippen molar-refractivity contribution < 1.29 is 23.4 Å². The molecule has 2 aliphatic heterocycles. The molecule has 0 unspecified atom stereocenters. The average Bonchev–Trinajstić information content (AvgIpc) is 2.99. The van der Waals surface area contributed by atoms with Crippen molar-refractivity contribution >= 4 is 11.8 Å². The standard InChI is InChI=1S/C33H32FN5O4/c1-41-32(40)25-13-23(34)7-8-28(25)43-30-16-35-21-37-31(30)39-19-33(20-39)14-24(15-33)42-29-9-11-36-27-10-12-38(18-26(27)29)17-22-5-3-2-4-6-22/h2-9,11,13,16,21,24H,10,12,14-15,17-20H2,1H3. The van der Waals surface area contributed by atoms with Crippen LogP contribution in [0.2, 0.25) is 0 Å². The summed E-state index contributed by atoms with van der Waals surface area (Å²) < 4.78 is 31.2. The summed E-state index contributed by atoms with van der Waals surface area (Å²) in [5, 5.41) is 0. The number of carbonyl (C=O) groups excluding carboxylic acids is 1. The van der Waals surface area contributed by atoms with Crippen molar-refractivity contribution in [2.45, 2.75) is 38.5 Å². The summed E-state index contributed by atoms with van der Waals surface area (Å²) in [6.07, 6.45) is 7.88. The second-order valence-electron chi connectivity index (χ2n) is 11.6. The van der Waals surface area contributed by atoms with E-state index in [4.69, 9.17) is 14.2 Å². The molecule has 2 aromatic heterocycles. The van der Waals surface area contributed by atoms with E-state index in [1.165, 1.54) is 36.7 Å². The molecule has 1 saturated carbocycles. The van der Waals surface area contributed by atoms with Gasteiger partial charge >= 0.3 is 5.97 Å². The Kier molecular flexibility index (Phi) is 7.14. The van der Waals surface area contributed by atoms with Crippen LogP contribution in [0.4, 0.5) is 10.2 Å². The van der Waals surface area contributed by atoms with Crippen LogP contribution in [-0.2, 0) is 24.2 Å². The maximum Gasteiger partial charge on any atom is 0.341 e. The normalized spacial score (nSPS) is 17.5. The Hall–Kier alpha value is -4.57. The number of hydrogen-bond donors (Lipinski definition) is 0. The van der Waals surface area contributed by atoms with Crippen LogP contribution in [0.1, 0.15) is 40.0 Å². The third-order valence-electron chi connectivity index (χ3n) is 8.59. The predicted octanol–water partition coefficient (Wildman–Crippen LogP) is 5.20. The number of fused-ring (bicyclic) bond motifs is 1. The number of nitrogens with zero attached hydrogens (tertiary/aromatic N) is 5. The van der Waals surface area contributed by atoms with Crippen LogP contribution in [-0.4, -0.2) is 58.7 Å². The van der Waals surface area contributed by atoms with Crippen LogP contribution in [0.25, 0.3) is 0 Å². The number of carbonyl (C=O) groups is 1. The van der Waals surface area contributed by atoms with Gasteiger partial charge in [0, 0.05) is 62.0 Å². The first-order valence-corrected chi connectivity index (χ1v) is 14.5. The number of hydrogen-bond acceptors (Lipinski definition) is 9. The Morgan fingerprint density at radius 2 is 1.88 bits per heavy atom. The van der Waals surface area contributed by atoms with Gasteiger partial charge < -0.3 is 19.1 Å². The number of anilines is 1. The van der Waals surface area contributed by atoms with Crippen LogP contribution in [0.5, 0.6) is 17.2 Å². The third kappa shape index (κ3) is 5.50. The molecule has 0 N–H and O–H groups in total. The average molecular weight is 582 g/mol. The van der Waals surface area contributed by atoms with Crippen molar-refractivity contribution in [3.05, 3.63) is 102 Å². The Balaban J connectivity index is 0.982. The molecule has 2 aromatic carbocycles. The van der Waals surface area contributed by atoms with Gasteiger partial charge in [0.25, 0.3) is 0 Å². The number of rotatable bonds is 8. The first kappa shape index (κ1) is 27.3. The van der Waals surface area contributed by atoms with E-state index in [1.807, 2.05) is 18.3 Å². The summed E-state index contributed by atoms with van der Waals surface area (Å²) >= 11 is 0. The molecule has 10 heteroatoms. The van der Waals surface area contributed by atoms with Gasteiger partial charge in [0.05, 0.1) is 13.3 Å². The van der Waals surface area contributed by atoms with E-state index >= 15 is 0 Å². The molecular formula is C33H32FN5O4. The highest BCUT2D eigenvalue weighted by Gasteiger charge is 2.54. The summed E-state index contributed by atoms with van der Waals surface area (Å²) in [5.74, 6) is 0.915. The molecule has 220 valence electrons. The quantitative estimate of drug-likeness (QED) is 0.261. The summed E-state index contributed by atoms with van der Waals surface area (Å²) in [6.45, 7) is 4.36. The van der Waals surface area contributed by atoms with Crippen molar-refractivity contribution in [2.75, 3.05) is 31.6 Å². The first-order chi connectivity index (χ1) is 21.0. The first-order valence-electron chi connectivity index (χ1n) is 14.5. The number of pyridine rings is 1. The molecule has 9 nitrogen and oxygen atoms in total. The van der Waals surface area contributed by atoms with Gasteiger partial charge in [-0.05, 0) is 42.7 Å². The highest BCUT2D eigenvalue weighted by molar-refractivity contribution is 5.92. The van der Waals surface area contributed by atoms with Gasteiger partial charge in [-0.1, -0.05) is 30.3 Å². The van der Waals surface area contributed by atoms with Crippen LogP contribution < -0.4 is 14.4 Å². The predicted molar refractivity (Wildman–Crippen MR) is 157 cm³/mol. The van der Waals surface area contributed by atoms with Gasteiger partial charge in [-0.2, -0.15) is 0 Å². The van der Waals surface area contributed by atoms with E-state index in [0.29, 0.717) is 11.6 Å². The fraction of sp³-hybridized carbons (Fsp3) is 0.333. The maximum absolute atomic E-state index is 13.8. The van der Waals surface area contributed by atoms with E-state index in [0.717, 1.165) is 69.5 Å². The number of benzene rings is 2. The summed E-state index contributed by atoms with van der Waals surface area (Å²) in [6, 6.07) is 16.3. The zero-order chi connectivity index (χ0) is 29.4. The Bertz CT molecular complexity index is 1640. The van der Waals surface area contributed by atoms with Crippen LogP contribution in [0.3, 0.4) is 0 Å². The van der Waals surface area contributed by atoms with Crippen molar-refractivity contribution in [3.8, 4) is 17.2 Å². The smallest absolute Gasteiger partial charge is 0.341 e. The minimum absolute atomic E-state index is 0.00199. The second-order valence-corrected chi connectivity index (χ2v) is 11.6. The van der Waals surface area contributed by atoms with Crippen molar-refractivity contribution in [3.63, 3.8) is 0 Å². The van der Waals surface area contributed by atoms with Gasteiger partial charge in [0.2, 0.25) is 0 Å². The molecule has 43 heavy (non-hydrogen) atoms. The van der Waals surface area contributed by atoms with E-state index in [1.54, 1.807) is 6.20 Å². The van der Waals surface area contributed by atoms with Gasteiger partial charge in [-0.3, -0.25) is 9.88 Å². The Morgan fingerprint density at radius 1 is 1.05 bits per heavy atom. The highest BCUT2D eigenvalue weighted by Crippen LogP contribution is 2.52. The fourth-order valence-corrected chi connectivity index (χ4v) is 6.49. The largest absolute Gasteiger partial charge is 0.490 e.